The zero-order valence-corrected chi connectivity index (χ0v) is 10.8. The Morgan fingerprint density at radius 2 is 2.06 bits per heavy atom. The maximum Gasteiger partial charge on any atom is 0.243 e. The molecule has 2 rings (SSSR count). The molecule has 0 aromatic heterocycles. The summed E-state index contributed by atoms with van der Waals surface area (Å²) in [6.07, 6.45) is 7.31. The second-order valence-electron chi connectivity index (χ2n) is 6.36. The van der Waals surface area contributed by atoms with E-state index in [2.05, 4.69) is 26.1 Å². The third kappa shape index (κ3) is 1.59. The van der Waals surface area contributed by atoms with Crippen LogP contribution in [0, 0.1) is 16.7 Å². The molecule has 0 aromatic rings. The van der Waals surface area contributed by atoms with Gasteiger partial charge in [0.2, 0.25) is 5.91 Å². The number of carbonyl (C=O) groups is 1. The van der Waals surface area contributed by atoms with Crippen molar-refractivity contribution in [1.29, 1.82) is 0 Å². The average Bonchev–Trinajstić information content (AvgIpc) is 2.64. The quantitative estimate of drug-likeness (QED) is 0.714. The standard InChI is InChI=1S/C14H23NO/c1-5-6-11(16)15-12-13(2,3)10-7-8-14(12,4)9-10/h5-6,10,12H,7-9H2,1-4H3,(H,15,16). The number of amides is 1. The van der Waals surface area contributed by atoms with Gasteiger partial charge in [-0.3, -0.25) is 4.79 Å². The molecular formula is C14H23NO. The molecule has 1 amide bonds. The van der Waals surface area contributed by atoms with Crippen LogP contribution in [0.5, 0.6) is 0 Å². The molecule has 3 unspecified atom stereocenters. The Balaban J connectivity index is 2.17. The van der Waals surface area contributed by atoms with E-state index in [-0.39, 0.29) is 11.3 Å². The van der Waals surface area contributed by atoms with Crippen LogP contribution in [-0.2, 0) is 4.79 Å². The third-order valence-electron chi connectivity index (χ3n) is 4.87. The summed E-state index contributed by atoms with van der Waals surface area (Å²) in [4.78, 5) is 11.7. The van der Waals surface area contributed by atoms with Crippen LogP contribution in [0.25, 0.3) is 0 Å². The molecule has 90 valence electrons. The molecule has 2 heteroatoms. The van der Waals surface area contributed by atoms with Crippen molar-refractivity contribution in [2.45, 2.75) is 53.0 Å². The summed E-state index contributed by atoms with van der Waals surface area (Å²) in [5, 5.41) is 3.22. The van der Waals surface area contributed by atoms with E-state index in [0.717, 1.165) is 5.92 Å². The van der Waals surface area contributed by atoms with Gasteiger partial charge in [0.1, 0.15) is 0 Å². The van der Waals surface area contributed by atoms with Gasteiger partial charge in [0.25, 0.3) is 0 Å². The molecule has 0 saturated heterocycles. The van der Waals surface area contributed by atoms with E-state index < -0.39 is 0 Å². The van der Waals surface area contributed by atoms with Crippen LogP contribution in [0.4, 0.5) is 0 Å². The van der Waals surface area contributed by atoms with Crippen LogP contribution in [0.3, 0.4) is 0 Å². The molecule has 0 aliphatic heterocycles. The lowest BCUT2D eigenvalue weighted by molar-refractivity contribution is -0.119. The number of allylic oxidation sites excluding steroid dienone is 1. The second-order valence-corrected chi connectivity index (χ2v) is 6.36. The van der Waals surface area contributed by atoms with Gasteiger partial charge in [0, 0.05) is 6.04 Å². The van der Waals surface area contributed by atoms with Gasteiger partial charge in [-0.1, -0.05) is 26.8 Å². The predicted molar refractivity (Wildman–Crippen MR) is 66.0 cm³/mol. The van der Waals surface area contributed by atoms with Crippen LogP contribution in [0.15, 0.2) is 12.2 Å². The lowest BCUT2D eigenvalue weighted by atomic mass is 9.68. The Bertz CT molecular complexity index is 327. The zero-order chi connectivity index (χ0) is 12.0. The molecule has 0 aromatic carbocycles. The molecule has 2 aliphatic carbocycles. The molecule has 1 N–H and O–H groups in total. The molecule has 2 fully saturated rings. The minimum Gasteiger partial charge on any atom is -0.349 e. The van der Waals surface area contributed by atoms with Crippen molar-refractivity contribution < 1.29 is 4.79 Å². The maximum atomic E-state index is 11.7. The molecule has 0 heterocycles. The zero-order valence-electron chi connectivity index (χ0n) is 10.8. The van der Waals surface area contributed by atoms with Crippen molar-refractivity contribution in [3.8, 4) is 0 Å². The number of rotatable bonds is 2. The fraction of sp³-hybridized carbons (Fsp3) is 0.786. The van der Waals surface area contributed by atoms with Crippen LogP contribution in [-0.4, -0.2) is 11.9 Å². The number of hydrogen-bond donors (Lipinski definition) is 1. The topological polar surface area (TPSA) is 29.1 Å². The maximum absolute atomic E-state index is 11.7. The number of carbonyl (C=O) groups excluding carboxylic acids is 1. The lowest BCUT2D eigenvalue weighted by Gasteiger charge is -2.42. The predicted octanol–water partition coefficient (Wildman–Crippen LogP) is 2.89. The van der Waals surface area contributed by atoms with Crippen LogP contribution < -0.4 is 5.32 Å². The van der Waals surface area contributed by atoms with Gasteiger partial charge in [-0.15, -0.1) is 0 Å². The average molecular weight is 221 g/mol. The summed E-state index contributed by atoms with van der Waals surface area (Å²) in [5.41, 5.74) is 0.579. The van der Waals surface area contributed by atoms with Gasteiger partial charge >= 0.3 is 0 Å². The molecular weight excluding hydrogens is 198 g/mol. The summed E-state index contributed by atoms with van der Waals surface area (Å²) >= 11 is 0. The molecule has 0 spiro atoms. The van der Waals surface area contributed by atoms with Crippen molar-refractivity contribution in [3.05, 3.63) is 12.2 Å². The van der Waals surface area contributed by atoms with Gasteiger partial charge in [0.05, 0.1) is 0 Å². The lowest BCUT2D eigenvalue weighted by Crippen LogP contribution is -2.52. The highest BCUT2D eigenvalue weighted by Crippen LogP contribution is 2.62. The molecule has 2 aliphatic rings. The van der Waals surface area contributed by atoms with Crippen LogP contribution in [0.1, 0.15) is 47.0 Å². The monoisotopic (exact) mass is 221 g/mol. The molecule has 2 bridgehead atoms. The highest BCUT2D eigenvalue weighted by molar-refractivity contribution is 5.87. The Morgan fingerprint density at radius 3 is 2.56 bits per heavy atom. The minimum atomic E-state index is 0.0642. The highest BCUT2D eigenvalue weighted by atomic mass is 16.1. The van der Waals surface area contributed by atoms with Crippen LogP contribution in [0.2, 0.25) is 0 Å². The summed E-state index contributed by atoms with van der Waals surface area (Å²) in [7, 11) is 0. The fourth-order valence-corrected chi connectivity index (χ4v) is 4.00. The first-order valence-electron chi connectivity index (χ1n) is 6.33. The van der Waals surface area contributed by atoms with E-state index >= 15 is 0 Å². The van der Waals surface area contributed by atoms with Gasteiger partial charge < -0.3 is 5.32 Å². The van der Waals surface area contributed by atoms with Crippen LogP contribution >= 0.6 is 0 Å². The van der Waals surface area contributed by atoms with E-state index in [1.807, 2.05) is 6.92 Å². The summed E-state index contributed by atoms with van der Waals surface area (Å²) in [6, 6.07) is 0.336. The molecule has 2 nitrogen and oxygen atoms in total. The van der Waals surface area contributed by atoms with Crippen molar-refractivity contribution in [1.82, 2.24) is 5.32 Å². The van der Waals surface area contributed by atoms with Crippen molar-refractivity contribution in [2.24, 2.45) is 16.7 Å². The number of hydrogen-bond acceptors (Lipinski definition) is 1. The van der Waals surface area contributed by atoms with E-state index in [9.17, 15) is 4.79 Å². The molecule has 2 saturated carbocycles. The van der Waals surface area contributed by atoms with Crippen molar-refractivity contribution in [3.63, 3.8) is 0 Å². The Kier molecular flexibility index (Phi) is 2.64. The van der Waals surface area contributed by atoms with E-state index in [4.69, 9.17) is 0 Å². The van der Waals surface area contributed by atoms with Gasteiger partial charge in [0.15, 0.2) is 0 Å². The first-order chi connectivity index (χ1) is 7.40. The number of nitrogens with one attached hydrogen (secondary N) is 1. The fourth-order valence-electron chi connectivity index (χ4n) is 4.00. The van der Waals surface area contributed by atoms with E-state index in [0.29, 0.717) is 11.5 Å². The Labute approximate surface area is 98.5 Å². The first-order valence-corrected chi connectivity index (χ1v) is 6.33. The smallest absolute Gasteiger partial charge is 0.243 e. The van der Waals surface area contributed by atoms with Crippen molar-refractivity contribution in [2.75, 3.05) is 0 Å². The third-order valence-corrected chi connectivity index (χ3v) is 4.87. The Morgan fingerprint density at radius 1 is 1.38 bits per heavy atom. The second kappa shape index (κ2) is 3.61. The normalized spacial score (nSPS) is 40.5. The summed E-state index contributed by atoms with van der Waals surface area (Å²) < 4.78 is 0. The largest absolute Gasteiger partial charge is 0.349 e. The minimum absolute atomic E-state index is 0.0642. The Hall–Kier alpha value is -0.790. The molecule has 0 radical (unpaired) electrons. The summed E-state index contributed by atoms with van der Waals surface area (Å²) in [5.74, 6) is 0.850. The van der Waals surface area contributed by atoms with Gasteiger partial charge in [-0.05, 0) is 49.0 Å². The van der Waals surface area contributed by atoms with Crippen molar-refractivity contribution >= 4 is 5.91 Å². The van der Waals surface area contributed by atoms with Gasteiger partial charge in [-0.2, -0.15) is 0 Å². The number of fused-ring (bicyclic) bond motifs is 2. The SMILES string of the molecule is CC=CC(=O)NC1C2(C)CCC(C2)C1(C)C. The van der Waals surface area contributed by atoms with E-state index in [1.165, 1.54) is 19.3 Å². The highest BCUT2D eigenvalue weighted by Gasteiger charge is 2.59. The molecule has 16 heavy (non-hydrogen) atoms. The summed E-state index contributed by atoms with van der Waals surface area (Å²) in [6.45, 7) is 8.83. The first kappa shape index (κ1) is 11.7. The van der Waals surface area contributed by atoms with Gasteiger partial charge in [-0.25, -0.2) is 0 Å². The molecule has 3 atom stereocenters. The van der Waals surface area contributed by atoms with E-state index in [1.54, 1.807) is 12.2 Å².